The highest BCUT2D eigenvalue weighted by atomic mass is 16.5. The standard InChI is InChI=1S/C26H48N2O5/c1-6-21(18-24(30)31)14-13-15-22(7-2)33-17-12-11-16-26(8-3,9-4)20-28-23(29)19-27(10-5)25(28)32/h21-22H,6-20H2,1-5H3,(H,30,31). The van der Waals surface area contributed by atoms with Crippen molar-refractivity contribution < 1.29 is 24.2 Å². The normalized spacial score (nSPS) is 16.5. The third kappa shape index (κ3) is 9.63. The molecule has 1 aliphatic heterocycles. The maximum Gasteiger partial charge on any atom is 0.327 e. The summed E-state index contributed by atoms with van der Waals surface area (Å²) < 4.78 is 6.12. The summed E-state index contributed by atoms with van der Waals surface area (Å²) in [7, 11) is 0. The lowest BCUT2D eigenvalue weighted by molar-refractivity contribution is -0.138. The van der Waals surface area contributed by atoms with E-state index < -0.39 is 5.97 Å². The van der Waals surface area contributed by atoms with E-state index in [2.05, 4.69) is 27.7 Å². The Kier molecular flexibility index (Phi) is 13.6. The molecular weight excluding hydrogens is 420 g/mol. The summed E-state index contributed by atoms with van der Waals surface area (Å²) in [4.78, 5) is 38.9. The number of nitrogens with zero attached hydrogens (tertiary/aromatic N) is 2. The molecule has 0 aromatic carbocycles. The molecule has 0 saturated carbocycles. The second-order valence-electron chi connectivity index (χ2n) is 9.64. The van der Waals surface area contributed by atoms with Crippen molar-refractivity contribution in [1.82, 2.24) is 9.80 Å². The molecule has 7 nitrogen and oxygen atoms in total. The average Bonchev–Trinajstić information content (AvgIpc) is 3.08. The third-order valence-electron chi connectivity index (χ3n) is 7.59. The predicted molar refractivity (Wildman–Crippen MR) is 131 cm³/mol. The topological polar surface area (TPSA) is 87.2 Å². The molecule has 3 amide bonds. The Morgan fingerprint density at radius 2 is 1.73 bits per heavy atom. The van der Waals surface area contributed by atoms with Crippen LogP contribution in [0.2, 0.25) is 0 Å². The molecule has 1 N–H and O–H groups in total. The van der Waals surface area contributed by atoms with Gasteiger partial charge in [-0.15, -0.1) is 0 Å². The Balaban J connectivity index is 2.40. The van der Waals surface area contributed by atoms with Crippen LogP contribution in [0.4, 0.5) is 4.79 Å². The molecule has 1 aliphatic rings. The van der Waals surface area contributed by atoms with Crippen LogP contribution in [-0.4, -0.2) is 65.2 Å². The van der Waals surface area contributed by atoms with Gasteiger partial charge < -0.3 is 14.7 Å². The summed E-state index contributed by atoms with van der Waals surface area (Å²) in [6, 6.07) is -0.142. The van der Waals surface area contributed by atoms with Gasteiger partial charge in [0.2, 0.25) is 5.91 Å². The maximum absolute atomic E-state index is 12.5. The summed E-state index contributed by atoms with van der Waals surface area (Å²) in [6.45, 7) is 12.4. The van der Waals surface area contributed by atoms with Gasteiger partial charge in [-0.1, -0.05) is 47.0 Å². The number of ether oxygens (including phenoxy) is 1. The van der Waals surface area contributed by atoms with Crippen molar-refractivity contribution in [3.8, 4) is 0 Å². The highest BCUT2D eigenvalue weighted by Gasteiger charge is 2.40. The zero-order chi connectivity index (χ0) is 24.9. The van der Waals surface area contributed by atoms with Crippen LogP contribution in [0.1, 0.15) is 105 Å². The summed E-state index contributed by atoms with van der Waals surface area (Å²) in [6.07, 6.45) is 10.2. The van der Waals surface area contributed by atoms with Crippen molar-refractivity contribution in [2.24, 2.45) is 11.3 Å². The molecule has 192 valence electrons. The molecule has 0 aromatic heterocycles. The van der Waals surface area contributed by atoms with Gasteiger partial charge in [-0.05, 0) is 63.2 Å². The van der Waals surface area contributed by atoms with E-state index in [9.17, 15) is 14.4 Å². The van der Waals surface area contributed by atoms with Gasteiger partial charge in [0, 0.05) is 26.1 Å². The lowest BCUT2D eigenvalue weighted by atomic mass is 9.77. The zero-order valence-electron chi connectivity index (χ0n) is 21.7. The molecule has 0 aliphatic carbocycles. The van der Waals surface area contributed by atoms with Gasteiger partial charge in [0.15, 0.2) is 0 Å². The number of rotatable bonds is 19. The number of likely N-dealkylation sites (N-methyl/N-ethyl adjacent to an activating group) is 1. The van der Waals surface area contributed by atoms with Crippen LogP contribution in [0.3, 0.4) is 0 Å². The first-order chi connectivity index (χ1) is 15.7. The van der Waals surface area contributed by atoms with Crippen molar-refractivity contribution >= 4 is 17.9 Å². The van der Waals surface area contributed by atoms with E-state index in [4.69, 9.17) is 9.84 Å². The molecular formula is C26H48N2O5. The fourth-order valence-corrected chi connectivity index (χ4v) is 4.83. The highest BCUT2D eigenvalue weighted by Crippen LogP contribution is 2.35. The number of aliphatic carboxylic acids is 1. The van der Waals surface area contributed by atoms with Crippen LogP contribution in [0.5, 0.6) is 0 Å². The van der Waals surface area contributed by atoms with Crippen LogP contribution in [-0.2, 0) is 14.3 Å². The monoisotopic (exact) mass is 468 g/mol. The minimum atomic E-state index is -0.707. The van der Waals surface area contributed by atoms with E-state index in [0.717, 1.165) is 70.8 Å². The molecule has 7 heteroatoms. The molecule has 1 saturated heterocycles. The average molecular weight is 469 g/mol. The number of amides is 3. The van der Waals surface area contributed by atoms with Crippen molar-refractivity contribution in [3.63, 3.8) is 0 Å². The van der Waals surface area contributed by atoms with E-state index in [1.807, 2.05) is 6.92 Å². The molecule has 2 atom stereocenters. The Hall–Kier alpha value is -1.63. The van der Waals surface area contributed by atoms with E-state index in [1.54, 1.807) is 4.90 Å². The van der Waals surface area contributed by atoms with Gasteiger partial charge in [-0.25, -0.2) is 4.79 Å². The quantitative estimate of drug-likeness (QED) is 0.194. The summed E-state index contributed by atoms with van der Waals surface area (Å²) >= 11 is 0. The van der Waals surface area contributed by atoms with Crippen molar-refractivity contribution in [2.45, 2.75) is 111 Å². The Bertz CT molecular complexity index is 605. The number of urea groups is 1. The van der Waals surface area contributed by atoms with Crippen LogP contribution in [0.25, 0.3) is 0 Å². The van der Waals surface area contributed by atoms with E-state index in [1.165, 1.54) is 4.90 Å². The van der Waals surface area contributed by atoms with Crippen molar-refractivity contribution in [2.75, 3.05) is 26.2 Å². The first-order valence-electron chi connectivity index (χ1n) is 13.2. The van der Waals surface area contributed by atoms with Crippen LogP contribution in [0.15, 0.2) is 0 Å². The Morgan fingerprint density at radius 3 is 2.24 bits per heavy atom. The Morgan fingerprint density at radius 1 is 1.03 bits per heavy atom. The smallest absolute Gasteiger partial charge is 0.327 e. The van der Waals surface area contributed by atoms with Crippen molar-refractivity contribution in [3.05, 3.63) is 0 Å². The van der Waals surface area contributed by atoms with Crippen LogP contribution >= 0.6 is 0 Å². The maximum atomic E-state index is 12.5. The summed E-state index contributed by atoms with van der Waals surface area (Å²) in [5.74, 6) is -0.521. The number of unbranched alkanes of at least 4 members (excludes halogenated alkanes) is 1. The minimum absolute atomic E-state index is 0.0292. The van der Waals surface area contributed by atoms with Crippen LogP contribution < -0.4 is 0 Å². The molecule has 0 spiro atoms. The van der Waals surface area contributed by atoms with E-state index in [-0.39, 0.29) is 42.3 Å². The molecule has 1 fully saturated rings. The zero-order valence-corrected chi connectivity index (χ0v) is 21.7. The fraction of sp³-hybridized carbons (Fsp3) is 0.885. The molecule has 0 radical (unpaired) electrons. The fourth-order valence-electron chi connectivity index (χ4n) is 4.83. The lowest BCUT2D eigenvalue weighted by Gasteiger charge is -2.35. The molecule has 33 heavy (non-hydrogen) atoms. The third-order valence-corrected chi connectivity index (χ3v) is 7.59. The molecule has 2 unspecified atom stereocenters. The van der Waals surface area contributed by atoms with Gasteiger partial charge in [0.05, 0.1) is 6.10 Å². The lowest BCUT2D eigenvalue weighted by Crippen LogP contribution is -2.41. The second kappa shape index (κ2) is 15.3. The van der Waals surface area contributed by atoms with Gasteiger partial charge >= 0.3 is 12.0 Å². The minimum Gasteiger partial charge on any atom is -0.481 e. The number of hydrogen-bond acceptors (Lipinski definition) is 4. The largest absolute Gasteiger partial charge is 0.481 e. The van der Waals surface area contributed by atoms with Crippen LogP contribution in [0, 0.1) is 11.3 Å². The van der Waals surface area contributed by atoms with E-state index in [0.29, 0.717) is 13.1 Å². The van der Waals surface area contributed by atoms with Crippen molar-refractivity contribution in [1.29, 1.82) is 0 Å². The highest BCUT2D eigenvalue weighted by molar-refractivity contribution is 6.02. The predicted octanol–water partition coefficient (Wildman–Crippen LogP) is 5.71. The first-order valence-corrected chi connectivity index (χ1v) is 13.2. The molecule has 0 aromatic rings. The van der Waals surface area contributed by atoms with E-state index >= 15 is 0 Å². The number of hydrogen-bond donors (Lipinski definition) is 1. The van der Waals surface area contributed by atoms with Gasteiger partial charge in [-0.2, -0.15) is 0 Å². The number of imide groups is 1. The summed E-state index contributed by atoms with van der Waals surface area (Å²) in [5.41, 5.74) is -0.0292. The van der Waals surface area contributed by atoms with Gasteiger partial charge in [0.1, 0.15) is 6.54 Å². The molecule has 0 bridgehead atoms. The number of carboxylic acids is 1. The van der Waals surface area contributed by atoms with Gasteiger partial charge in [0.25, 0.3) is 0 Å². The second-order valence-corrected chi connectivity index (χ2v) is 9.64. The summed E-state index contributed by atoms with van der Waals surface area (Å²) in [5, 5.41) is 8.99. The first kappa shape index (κ1) is 29.4. The SMILES string of the molecule is CCC(CCCC(CC)OCCCCC(CC)(CC)CN1C(=O)CN(CC)C1=O)CC(=O)O. The number of carboxylic acid groups (broad SMARTS) is 1. The number of carbonyl (C=O) groups is 3. The Labute approximate surface area is 201 Å². The van der Waals surface area contributed by atoms with Gasteiger partial charge in [-0.3, -0.25) is 14.5 Å². The molecule has 1 heterocycles. The number of carbonyl (C=O) groups excluding carboxylic acids is 2. The molecule has 1 rings (SSSR count).